The van der Waals surface area contributed by atoms with Crippen molar-refractivity contribution in [1.82, 2.24) is 0 Å². The monoisotopic (exact) mass is 244 g/mol. The molecule has 4 heteroatoms. The maximum Gasteiger partial charge on any atom is 0.159 e. The predicted molar refractivity (Wildman–Crippen MR) is 61.4 cm³/mol. The molecule has 88 valence electrons. The lowest BCUT2D eigenvalue weighted by Crippen LogP contribution is -2.38. The molecule has 1 aromatic rings. The van der Waals surface area contributed by atoms with E-state index in [0.717, 1.165) is 24.3 Å². The number of rotatable bonds is 1. The quantitative estimate of drug-likeness (QED) is 0.819. The second-order valence-electron chi connectivity index (χ2n) is 4.17. The fraction of sp³-hybridized carbons (Fsp3) is 0.500. The van der Waals surface area contributed by atoms with Crippen LogP contribution in [0, 0.1) is 11.6 Å². The van der Waals surface area contributed by atoms with Gasteiger partial charge in [0, 0.05) is 5.25 Å². The van der Waals surface area contributed by atoms with Crippen LogP contribution in [0.3, 0.4) is 0 Å². The van der Waals surface area contributed by atoms with Crippen LogP contribution in [0.4, 0.5) is 8.78 Å². The Kier molecular flexibility index (Phi) is 3.22. The lowest BCUT2D eigenvalue weighted by Gasteiger charge is -2.38. The summed E-state index contributed by atoms with van der Waals surface area (Å²) in [7, 11) is 0. The van der Waals surface area contributed by atoms with Crippen molar-refractivity contribution >= 4 is 11.8 Å². The van der Waals surface area contributed by atoms with Gasteiger partial charge in [-0.15, -0.1) is 0 Å². The average Bonchev–Trinajstić information content (AvgIpc) is 2.26. The summed E-state index contributed by atoms with van der Waals surface area (Å²) in [5, 5.41) is 10.5. The van der Waals surface area contributed by atoms with Gasteiger partial charge < -0.3 is 5.11 Å². The van der Waals surface area contributed by atoms with Gasteiger partial charge in [0.1, 0.15) is 5.60 Å². The summed E-state index contributed by atoms with van der Waals surface area (Å²) in [5.41, 5.74) is -0.552. The highest BCUT2D eigenvalue weighted by atomic mass is 32.2. The van der Waals surface area contributed by atoms with Gasteiger partial charge in [0.2, 0.25) is 0 Å². The molecule has 1 fully saturated rings. The van der Waals surface area contributed by atoms with Crippen LogP contribution in [-0.4, -0.2) is 16.1 Å². The third kappa shape index (κ3) is 1.96. The first-order valence-corrected chi connectivity index (χ1v) is 6.38. The van der Waals surface area contributed by atoms with Crippen molar-refractivity contribution in [2.24, 2.45) is 0 Å². The van der Waals surface area contributed by atoms with E-state index < -0.39 is 17.2 Å². The van der Waals surface area contributed by atoms with Crippen LogP contribution < -0.4 is 0 Å². The van der Waals surface area contributed by atoms with Gasteiger partial charge in [-0.25, -0.2) is 8.78 Å². The van der Waals surface area contributed by atoms with E-state index in [4.69, 9.17) is 0 Å². The van der Waals surface area contributed by atoms with E-state index in [0.29, 0.717) is 12.0 Å². The minimum atomic E-state index is -1.03. The van der Waals surface area contributed by atoms with E-state index in [2.05, 4.69) is 0 Å². The molecule has 2 rings (SSSR count). The number of benzene rings is 1. The van der Waals surface area contributed by atoms with Gasteiger partial charge in [-0.2, -0.15) is 11.8 Å². The summed E-state index contributed by atoms with van der Waals surface area (Å²) < 4.78 is 26.0. The fourth-order valence-corrected chi connectivity index (χ4v) is 3.28. The predicted octanol–water partition coefficient (Wildman–Crippen LogP) is 3.07. The zero-order valence-corrected chi connectivity index (χ0v) is 9.86. The molecule has 2 atom stereocenters. The molecule has 0 radical (unpaired) electrons. The minimum absolute atomic E-state index is 0.00566. The van der Waals surface area contributed by atoms with Crippen LogP contribution >= 0.6 is 11.8 Å². The molecule has 0 aliphatic carbocycles. The van der Waals surface area contributed by atoms with Gasteiger partial charge in [-0.05, 0) is 36.3 Å². The topological polar surface area (TPSA) is 20.2 Å². The molecule has 0 saturated carbocycles. The molecule has 16 heavy (non-hydrogen) atoms. The largest absolute Gasteiger partial charge is 0.384 e. The smallest absolute Gasteiger partial charge is 0.159 e. The molecule has 0 spiro atoms. The summed E-state index contributed by atoms with van der Waals surface area (Å²) in [5.74, 6) is -0.759. The molecule has 0 bridgehead atoms. The first kappa shape index (κ1) is 11.9. The minimum Gasteiger partial charge on any atom is -0.384 e. The summed E-state index contributed by atoms with van der Waals surface area (Å²) in [6.07, 6.45) is 1.50. The van der Waals surface area contributed by atoms with Crippen molar-refractivity contribution < 1.29 is 13.9 Å². The van der Waals surface area contributed by atoms with Crippen LogP contribution in [0.15, 0.2) is 18.2 Å². The summed E-state index contributed by atoms with van der Waals surface area (Å²) >= 11 is 1.66. The Bertz CT molecular complexity index is 397. The van der Waals surface area contributed by atoms with Crippen molar-refractivity contribution in [3.63, 3.8) is 0 Å². The standard InChI is InChI=1S/C12H14F2OS/c1-8-12(15,5-2-6-16-8)9-3-4-10(13)11(14)7-9/h3-4,7-8,15H,2,5-6H2,1H3. The molecule has 1 aliphatic rings. The molecular formula is C12H14F2OS. The van der Waals surface area contributed by atoms with Gasteiger partial charge >= 0.3 is 0 Å². The van der Waals surface area contributed by atoms with Gasteiger partial charge in [0.05, 0.1) is 0 Å². The van der Waals surface area contributed by atoms with Gasteiger partial charge in [0.15, 0.2) is 11.6 Å². The zero-order valence-electron chi connectivity index (χ0n) is 9.04. The van der Waals surface area contributed by atoms with Crippen LogP contribution in [0.2, 0.25) is 0 Å². The zero-order chi connectivity index (χ0) is 11.8. The maximum atomic E-state index is 13.1. The highest BCUT2D eigenvalue weighted by Gasteiger charge is 2.38. The second-order valence-corrected chi connectivity index (χ2v) is 5.62. The van der Waals surface area contributed by atoms with E-state index >= 15 is 0 Å². The number of thioether (sulfide) groups is 1. The van der Waals surface area contributed by atoms with Crippen LogP contribution in [-0.2, 0) is 5.60 Å². The van der Waals surface area contributed by atoms with Crippen LogP contribution in [0.5, 0.6) is 0 Å². The molecule has 1 nitrogen and oxygen atoms in total. The Morgan fingerprint density at radius 2 is 2.12 bits per heavy atom. The summed E-state index contributed by atoms with van der Waals surface area (Å²) in [6, 6.07) is 3.66. The third-order valence-electron chi connectivity index (χ3n) is 3.16. The summed E-state index contributed by atoms with van der Waals surface area (Å²) in [6.45, 7) is 1.92. The molecular weight excluding hydrogens is 230 g/mol. The van der Waals surface area contributed by atoms with E-state index in [1.54, 1.807) is 11.8 Å². The number of aliphatic hydroxyl groups is 1. The first-order chi connectivity index (χ1) is 7.54. The molecule has 1 N–H and O–H groups in total. The molecule has 1 saturated heterocycles. The first-order valence-electron chi connectivity index (χ1n) is 5.33. The Balaban J connectivity index is 2.37. The molecule has 1 aromatic carbocycles. The van der Waals surface area contributed by atoms with E-state index in [1.165, 1.54) is 6.07 Å². The summed E-state index contributed by atoms with van der Waals surface area (Å²) in [4.78, 5) is 0. The number of hydrogen-bond donors (Lipinski definition) is 1. The maximum absolute atomic E-state index is 13.1. The molecule has 2 unspecified atom stereocenters. The highest BCUT2D eigenvalue weighted by Crippen LogP contribution is 2.41. The molecule has 0 amide bonds. The van der Waals surface area contributed by atoms with Crippen LogP contribution in [0.25, 0.3) is 0 Å². The Hall–Kier alpha value is -0.610. The number of halogens is 2. The molecule has 1 heterocycles. The van der Waals surface area contributed by atoms with Crippen LogP contribution in [0.1, 0.15) is 25.3 Å². The van der Waals surface area contributed by atoms with Gasteiger partial charge in [-0.3, -0.25) is 0 Å². The van der Waals surface area contributed by atoms with E-state index in [-0.39, 0.29) is 5.25 Å². The normalized spacial score (nSPS) is 30.4. The van der Waals surface area contributed by atoms with Crippen molar-refractivity contribution in [3.05, 3.63) is 35.4 Å². The molecule has 1 aliphatic heterocycles. The highest BCUT2D eigenvalue weighted by molar-refractivity contribution is 8.00. The second kappa shape index (κ2) is 4.34. The van der Waals surface area contributed by atoms with Crippen molar-refractivity contribution in [2.45, 2.75) is 30.6 Å². The van der Waals surface area contributed by atoms with Crippen molar-refractivity contribution in [3.8, 4) is 0 Å². The van der Waals surface area contributed by atoms with Crippen molar-refractivity contribution in [2.75, 3.05) is 5.75 Å². The SMILES string of the molecule is CC1SCCCC1(O)c1ccc(F)c(F)c1. The number of hydrogen-bond acceptors (Lipinski definition) is 2. The van der Waals surface area contributed by atoms with Gasteiger partial charge in [0.25, 0.3) is 0 Å². The Morgan fingerprint density at radius 3 is 2.75 bits per heavy atom. The van der Waals surface area contributed by atoms with E-state index in [9.17, 15) is 13.9 Å². The fourth-order valence-electron chi connectivity index (χ4n) is 2.09. The van der Waals surface area contributed by atoms with Gasteiger partial charge in [-0.1, -0.05) is 13.0 Å². The third-order valence-corrected chi connectivity index (χ3v) is 4.58. The lowest BCUT2D eigenvalue weighted by atomic mass is 9.86. The lowest BCUT2D eigenvalue weighted by molar-refractivity contribution is 0.0250. The van der Waals surface area contributed by atoms with Crippen molar-refractivity contribution in [1.29, 1.82) is 0 Å². The Labute approximate surface area is 97.9 Å². The van der Waals surface area contributed by atoms with E-state index in [1.807, 2.05) is 6.92 Å². The Morgan fingerprint density at radius 1 is 1.38 bits per heavy atom. The molecule has 0 aromatic heterocycles. The average molecular weight is 244 g/mol.